The highest BCUT2D eigenvalue weighted by Crippen LogP contribution is 2.38. The first-order valence-electron chi connectivity index (χ1n) is 8.88. The molecule has 1 heterocycles. The Hall–Kier alpha value is -2.49. The van der Waals surface area contributed by atoms with Crippen molar-refractivity contribution in [1.82, 2.24) is 9.97 Å². The number of benzene rings is 1. The van der Waals surface area contributed by atoms with Gasteiger partial charge in [0.05, 0.1) is 34.5 Å². The second kappa shape index (κ2) is 12.2. The van der Waals surface area contributed by atoms with Crippen molar-refractivity contribution in [3.8, 4) is 17.2 Å². The number of methoxy groups -OCH3 is 3. The van der Waals surface area contributed by atoms with Gasteiger partial charge in [-0.1, -0.05) is 0 Å². The van der Waals surface area contributed by atoms with Crippen molar-refractivity contribution in [2.75, 3.05) is 59.0 Å². The van der Waals surface area contributed by atoms with Gasteiger partial charge in [0.15, 0.2) is 11.5 Å². The zero-order chi connectivity index (χ0) is 20.5. The second-order valence-corrected chi connectivity index (χ2v) is 5.82. The van der Waals surface area contributed by atoms with Crippen LogP contribution >= 0.6 is 12.4 Å². The molecule has 9 nitrogen and oxygen atoms in total. The first-order valence-corrected chi connectivity index (χ1v) is 8.88. The number of hydrogen-bond donors (Lipinski definition) is 1. The van der Waals surface area contributed by atoms with E-state index >= 15 is 0 Å². The number of hydrogen-bond acceptors (Lipinski definition) is 9. The van der Waals surface area contributed by atoms with E-state index in [1.807, 2.05) is 19.1 Å². The zero-order valence-electron chi connectivity index (χ0n) is 17.4. The smallest absolute Gasteiger partial charge is 0.251 e. The number of nitrogen functional groups attached to an aromatic ring is 1. The summed E-state index contributed by atoms with van der Waals surface area (Å²) in [4.78, 5) is 14.2. The lowest BCUT2D eigenvalue weighted by Gasteiger charge is -2.18. The Morgan fingerprint density at radius 3 is 2.21 bits per heavy atom. The number of aromatic nitrogens is 2. The Bertz CT molecular complexity index is 753. The summed E-state index contributed by atoms with van der Waals surface area (Å²) in [6.45, 7) is 3.47. The minimum Gasteiger partial charge on any atom is -0.493 e. The molecule has 0 fully saturated rings. The van der Waals surface area contributed by atoms with Gasteiger partial charge in [-0.05, 0) is 24.6 Å². The Morgan fingerprint density at radius 2 is 1.69 bits per heavy atom. The van der Waals surface area contributed by atoms with Gasteiger partial charge in [-0.3, -0.25) is 4.84 Å². The minimum atomic E-state index is 0. The van der Waals surface area contributed by atoms with E-state index in [1.165, 1.54) is 5.06 Å². The molecule has 10 heteroatoms. The molecule has 1 aromatic carbocycles. The van der Waals surface area contributed by atoms with Crippen LogP contribution in [0.5, 0.6) is 17.2 Å². The Morgan fingerprint density at radius 1 is 1.03 bits per heavy atom. The molecule has 0 spiro atoms. The van der Waals surface area contributed by atoms with Crippen molar-refractivity contribution in [3.05, 3.63) is 29.5 Å². The van der Waals surface area contributed by atoms with Crippen molar-refractivity contribution in [2.24, 2.45) is 0 Å². The fourth-order valence-corrected chi connectivity index (χ4v) is 2.59. The molecular formula is C19H29ClN4O5. The van der Waals surface area contributed by atoms with Gasteiger partial charge >= 0.3 is 0 Å². The van der Waals surface area contributed by atoms with E-state index in [4.69, 9.17) is 29.5 Å². The van der Waals surface area contributed by atoms with Crippen molar-refractivity contribution in [3.63, 3.8) is 0 Å². The fraction of sp³-hybridized carbons (Fsp3) is 0.474. The van der Waals surface area contributed by atoms with Crippen LogP contribution in [0.25, 0.3) is 0 Å². The van der Waals surface area contributed by atoms with Crippen LogP contribution in [0.1, 0.15) is 18.1 Å². The molecule has 29 heavy (non-hydrogen) atoms. The fourth-order valence-electron chi connectivity index (χ4n) is 2.59. The number of nitrogens with zero attached hydrogens (tertiary/aromatic N) is 3. The molecule has 0 atom stereocenters. The number of ether oxygens (including phenoxy) is 4. The summed E-state index contributed by atoms with van der Waals surface area (Å²) in [5.74, 6) is 2.45. The van der Waals surface area contributed by atoms with Crippen molar-refractivity contribution in [2.45, 2.75) is 13.3 Å². The lowest BCUT2D eigenvalue weighted by atomic mass is 10.1. The average Bonchev–Trinajstić information content (AvgIpc) is 2.71. The summed E-state index contributed by atoms with van der Waals surface area (Å²) in [6.07, 6.45) is 2.20. The summed E-state index contributed by atoms with van der Waals surface area (Å²) >= 11 is 0. The molecule has 162 valence electrons. The van der Waals surface area contributed by atoms with Gasteiger partial charge in [0, 0.05) is 31.8 Å². The molecule has 0 aliphatic rings. The molecule has 1 aromatic heterocycles. The predicted molar refractivity (Wildman–Crippen MR) is 113 cm³/mol. The molecule has 0 bridgehead atoms. The number of hydroxylamine groups is 1. The number of rotatable bonds is 11. The number of anilines is 2. The van der Waals surface area contributed by atoms with E-state index in [9.17, 15) is 0 Å². The van der Waals surface area contributed by atoms with E-state index in [0.29, 0.717) is 55.3 Å². The zero-order valence-corrected chi connectivity index (χ0v) is 18.2. The van der Waals surface area contributed by atoms with Crippen LogP contribution in [0, 0.1) is 0 Å². The SMILES string of the molecule is CCOCCON(C)c1ncc(Cc2cc(OC)c(OC)c(OC)c2)c(N)n1.Cl. The van der Waals surface area contributed by atoms with Crippen LogP contribution in [-0.4, -0.2) is 58.2 Å². The molecule has 0 amide bonds. The normalized spacial score (nSPS) is 10.2. The Kier molecular flexibility index (Phi) is 10.3. The standard InChI is InChI=1S/C19H28N4O5.ClH/c1-6-27-7-8-28-23(2)19-21-12-14(18(20)22-19)9-13-10-15(24-3)17(26-5)16(11-13)25-4;/h10-12H,6-9H2,1-5H3,(H2,20,21,22);1H. The van der Waals surface area contributed by atoms with Crippen LogP contribution in [0.15, 0.2) is 18.3 Å². The molecule has 0 saturated heterocycles. The third kappa shape index (κ3) is 6.52. The second-order valence-electron chi connectivity index (χ2n) is 5.82. The van der Waals surface area contributed by atoms with Crippen LogP contribution < -0.4 is 25.0 Å². The molecule has 0 saturated carbocycles. The maximum absolute atomic E-state index is 6.14. The third-order valence-electron chi connectivity index (χ3n) is 4.00. The van der Waals surface area contributed by atoms with E-state index < -0.39 is 0 Å². The summed E-state index contributed by atoms with van der Waals surface area (Å²) in [6, 6.07) is 3.75. The maximum Gasteiger partial charge on any atom is 0.251 e. The van der Waals surface area contributed by atoms with Gasteiger partial charge in [-0.25, -0.2) is 10.0 Å². The minimum absolute atomic E-state index is 0. The summed E-state index contributed by atoms with van der Waals surface area (Å²) in [5.41, 5.74) is 7.84. The van der Waals surface area contributed by atoms with Crippen molar-refractivity contribution >= 4 is 24.2 Å². The van der Waals surface area contributed by atoms with Gasteiger partial charge in [0.25, 0.3) is 5.95 Å². The maximum atomic E-state index is 6.14. The van der Waals surface area contributed by atoms with E-state index in [1.54, 1.807) is 34.6 Å². The quantitative estimate of drug-likeness (QED) is 0.427. The van der Waals surface area contributed by atoms with Crippen LogP contribution in [-0.2, 0) is 16.0 Å². The highest BCUT2D eigenvalue weighted by molar-refractivity contribution is 5.85. The lowest BCUT2D eigenvalue weighted by Crippen LogP contribution is -2.23. The molecular weight excluding hydrogens is 400 g/mol. The highest BCUT2D eigenvalue weighted by atomic mass is 35.5. The molecule has 0 aliphatic heterocycles. The van der Waals surface area contributed by atoms with Gasteiger partial charge in [-0.2, -0.15) is 4.98 Å². The summed E-state index contributed by atoms with van der Waals surface area (Å²) in [7, 11) is 6.45. The topological polar surface area (TPSA) is 101 Å². The lowest BCUT2D eigenvalue weighted by molar-refractivity contribution is 0.0447. The van der Waals surface area contributed by atoms with Gasteiger partial charge in [0.1, 0.15) is 5.82 Å². The molecule has 2 aromatic rings. The van der Waals surface area contributed by atoms with Crippen LogP contribution in [0.4, 0.5) is 11.8 Å². The highest BCUT2D eigenvalue weighted by Gasteiger charge is 2.15. The van der Waals surface area contributed by atoms with Crippen molar-refractivity contribution < 1.29 is 23.8 Å². The molecule has 2 N–H and O–H groups in total. The molecule has 0 unspecified atom stereocenters. The predicted octanol–water partition coefficient (Wildman–Crippen LogP) is 2.50. The monoisotopic (exact) mass is 428 g/mol. The summed E-state index contributed by atoms with van der Waals surface area (Å²) < 4.78 is 21.4. The van der Waals surface area contributed by atoms with Gasteiger partial charge in [0.2, 0.25) is 5.75 Å². The molecule has 2 rings (SSSR count). The van der Waals surface area contributed by atoms with Gasteiger partial charge in [-0.15, -0.1) is 12.4 Å². The van der Waals surface area contributed by atoms with E-state index in [-0.39, 0.29) is 12.4 Å². The van der Waals surface area contributed by atoms with Gasteiger partial charge < -0.3 is 24.7 Å². The Labute approximate surface area is 177 Å². The molecule has 0 radical (unpaired) electrons. The number of nitrogens with two attached hydrogens (primary N) is 1. The summed E-state index contributed by atoms with van der Waals surface area (Å²) in [5, 5.41) is 1.47. The molecule has 0 aliphatic carbocycles. The first-order chi connectivity index (χ1) is 13.5. The van der Waals surface area contributed by atoms with Crippen LogP contribution in [0.2, 0.25) is 0 Å². The van der Waals surface area contributed by atoms with Crippen molar-refractivity contribution in [1.29, 1.82) is 0 Å². The third-order valence-corrected chi connectivity index (χ3v) is 4.00. The Balaban J connectivity index is 0.00000420. The van der Waals surface area contributed by atoms with E-state index in [0.717, 1.165) is 11.1 Å². The van der Waals surface area contributed by atoms with E-state index in [2.05, 4.69) is 9.97 Å². The average molecular weight is 429 g/mol. The number of halogens is 1. The first kappa shape index (κ1) is 24.5. The largest absolute Gasteiger partial charge is 0.493 e. The van der Waals surface area contributed by atoms with Crippen LogP contribution in [0.3, 0.4) is 0 Å².